The Kier molecular flexibility index (Phi) is 7.58. The molecule has 2 saturated heterocycles. The number of amides is 1. The van der Waals surface area contributed by atoms with E-state index >= 15 is 0 Å². The third kappa shape index (κ3) is 5.49. The van der Waals surface area contributed by atoms with Gasteiger partial charge in [0.15, 0.2) is 0 Å². The summed E-state index contributed by atoms with van der Waals surface area (Å²) in [5.74, 6) is 0.550. The van der Waals surface area contributed by atoms with Gasteiger partial charge in [0.1, 0.15) is 4.21 Å². The van der Waals surface area contributed by atoms with Gasteiger partial charge in [0, 0.05) is 57.2 Å². The number of nitrogens with one attached hydrogen (secondary N) is 1. The fraction of sp³-hybridized carbons (Fsp3) is 0.609. The molecule has 11 nitrogen and oxygen atoms in total. The molecule has 0 spiro atoms. The molecule has 198 valence electrons. The quantitative estimate of drug-likeness (QED) is 0.464. The lowest BCUT2D eigenvalue weighted by Gasteiger charge is -2.45. The molecular formula is C23H35N7O4S2. The number of carbonyl (C=O) groups is 1. The van der Waals surface area contributed by atoms with Crippen LogP contribution in [0, 0.1) is 5.92 Å². The third-order valence-electron chi connectivity index (χ3n) is 6.68. The summed E-state index contributed by atoms with van der Waals surface area (Å²) in [6.07, 6.45) is 3.20. The monoisotopic (exact) mass is 537 g/mol. The Morgan fingerprint density at radius 2 is 1.92 bits per heavy atom. The summed E-state index contributed by atoms with van der Waals surface area (Å²) in [5, 5.41) is 13.7. The second kappa shape index (κ2) is 10.2. The zero-order valence-corrected chi connectivity index (χ0v) is 22.7. The first-order chi connectivity index (χ1) is 16.9. The number of rotatable bonds is 7. The summed E-state index contributed by atoms with van der Waals surface area (Å²) in [6, 6.07) is 2.55. The van der Waals surface area contributed by atoms with Crippen LogP contribution in [0.5, 0.6) is 0 Å². The topological polar surface area (TPSA) is 145 Å². The Labute approximate surface area is 216 Å². The van der Waals surface area contributed by atoms with Gasteiger partial charge in [0.2, 0.25) is 11.9 Å². The lowest BCUT2D eigenvalue weighted by molar-refractivity contribution is -0.130. The van der Waals surface area contributed by atoms with Crippen molar-refractivity contribution in [3.8, 4) is 0 Å². The molecule has 2 atom stereocenters. The molecule has 0 radical (unpaired) electrons. The minimum absolute atomic E-state index is 0.0112. The fourth-order valence-corrected chi connectivity index (χ4v) is 7.50. The first-order valence-corrected chi connectivity index (χ1v) is 14.3. The summed E-state index contributed by atoms with van der Waals surface area (Å²) in [4.78, 5) is 25.8. The second-order valence-corrected chi connectivity index (χ2v) is 13.5. The van der Waals surface area contributed by atoms with Crippen LogP contribution in [0.25, 0.3) is 0 Å². The predicted molar refractivity (Wildman–Crippen MR) is 139 cm³/mol. The van der Waals surface area contributed by atoms with Gasteiger partial charge in [0.05, 0.1) is 22.7 Å². The highest BCUT2D eigenvalue weighted by Gasteiger charge is 2.40. The van der Waals surface area contributed by atoms with Crippen molar-refractivity contribution in [2.75, 3.05) is 49.9 Å². The van der Waals surface area contributed by atoms with Gasteiger partial charge in [-0.3, -0.25) is 9.69 Å². The fourth-order valence-electron chi connectivity index (χ4n) is 4.78. The number of nitrogens with two attached hydrogens (primary N) is 1. The number of nitrogen functional groups attached to an aromatic ring is 1. The Hall–Kier alpha value is -2.32. The van der Waals surface area contributed by atoms with E-state index in [9.17, 15) is 18.3 Å². The van der Waals surface area contributed by atoms with Crippen molar-refractivity contribution in [3.63, 3.8) is 0 Å². The largest absolute Gasteiger partial charge is 0.391 e. The first kappa shape index (κ1) is 26.7. The molecule has 1 amide bonds. The highest BCUT2D eigenvalue weighted by molar-refractivity contribution is 7.91. The van der Waals surface area contributed by atoms with Gasteiger partial charge in [-0.1, -0.05) is 13.8 Å². The van der Waals surface area contributed by atoms with Crippen molar-refractivity contribution in [2.24, 2.45) is 5.92 Å². The van der Waals surface area contributed by atoms with E-state index in [0.29, 0.717) is 42.7 Å². The molecule has 0 aliphatic carbocycles. The standard InChI is InChI=1S/C23H35N7O4S2/c1-15(2)20-21(31)25-7-8-28(20)13-17-14-29(36(33,34)19-6-5-18(24)35-19)9-10-30(17)22-26-11-16(12-27-22)23(3,4)32/h5-6,11-12,15,17,20,32H,7-10,13-14,24H2,1-4H3,(H,25,31)/t17-,20+/m0/s1. The highest BCUT2D eigenvalue weighted by atomic mass is 32.2. The number of nitrogens with zero attached hydrogens (tertiary/aromatic N) is 5. The number of hydrogen-bond acceptors (Lipinski definition) is 10. The maximum absolute atomic E-state index is 13.4. The molecule has 0 bridgehead atoms. The van der Waals surface area contributed by atoms with Crippen molar-refractivity contribution >= 4 is 38.2 Å². The van der Waals surface area contributed by atoms with Gasteiger partial charge in [-0.15, -0.1) is 11.3 Å². The van der Waals surface area contributed by atoms with Gasteiger partial charge in [-0.25, -0.2) is 18.4 Å². The van der Waals surface area contributed by atoms with Crippen LogP contribution in [0.4, 0.5) is 10.9 Å². The minimum Gasteiger partial charge on any atom is -0.391 e. The average Bonchev–Trinajstić information content (AvgIpc) is 3.25. The molecule has 2 aromatic rings. The molecule has 2 fully saturated rings. The maximum atomic E-state index is 13.4. The maximum Gasteiger partial charge on any atom is 0.252 e. The summed E-state index contributed by atoms with van der Waals surface area (Å²) in [6.45, 7) is 9.93. The van der Waals surface area contributed by atoms with Crippen molar-refractivity contribution < 1.29 is 18.3 Å². The van der Waals surface area contributed by atoms with Gasteiger partial charge in [-0.05, 0) is 31.9 Å². The van der Waals surface area contributed by atoms with Crippen molar-refractivity contribution in [1.29, 1.82) is 0 Å². The lowest BCUT2D eigenvalue weighted by atomic mass is 9.98. The number of aliphatic hydroxyl groups is 1. The van der Waals surface area contributed by atoms with Crippen LogP contribution < -0.4 is 16.0 Å². The van der Waals surface area contributed by atoms with Gasteiger partial charge in [-0.2, -0.15) is 4.31 Å². The number of aromatic nitrogens is 2. The van der Waals surface area contributed by atoms with Crippen LogP contribution in [0.15, 0.2) is 28.7 Å². The van der Waals surface area contributed by atoms with E-state index in [1.165, 1.54) is 4.31 Å². The number of anilines is 2. The molecule has 2 aliphatic rings. The SMILES string of the molecule is CC(C)[C@@H]1C(=O)NCCN1C[C@H]1CN(S(=O)(=O)c2ccc(N)s2)CCN1c1ncc(C(C)(C)O)cn1. The number of carbonyl (C=O) groups excluding carboxylic acids is 1. The molecule has 0 saturated carbocycles. The van der Waals surface area contributed by atoms with Gasteiger partial charge < -0.3 is 21.1 Å². The van der Waals surface area contributed by atoms with E-state index in [2.05, 4.69) is 20.2 Å². The Bertz CT molecular complexity index is 1180. The van der Waals surface area contributed by atoms with Crippen molar-refractivity contribution in [3.05, 3.63) is 30.1 Å². The number of thiophene rings is 1. The van der Waals surface area contributed by atoms with E-state index in [1.54, 1.807) is 38.4 Å². The second-order valence-electron chi connectivity index (χ2n) is 10.2. The van der Waals surface area contributed by atoms with Crippen LogP contribution in [0.2, 0.25) is 0 Å². The van der Waals surface area contributed by atoms with Crippen molar-refractivity contribution in [2.45, 2.75) is 49.6 Å². The molecule has 13 heteroatoms. The first-order valence-electron chi connectivity index (χ1n) is 12.1. The van der Waals surface area contributed by atoms with Gasteiger partial charge >= 0.3 is 0 Å². The smallest absolute Gasteiger partial charge is 0.252 e. The van der Waals surface area contributed by atoms with E-state index in [1.807, 2.05) is 18.7 Å². The molecule has 4 heterocycles. The summed E-state index contributed by atoms with van der Waals surface area (Å²) < 4.78 is 28.5. The number of hydrogen-bond donors (Lipinski definition) is 3. The van der Waals surface area contributed by atoms with Crippen molar-refractivity contribution in [1.82, 2.24) is 24.5 Å². The summed E-state index contributed by atoms with van der Waals surface area (Å²) in [5.41, 5.74) is 5.32. The molecule has 0 unspecified atom stereocenters. The average molecular weight is 538 g/mol. The van der Waals surface area contributed by atoms with Crippen LogP contribution in [0.3, 0.4) is 0 Å². The van der Waals surface area contributed by atoms with Crippen LogP contribution >= 0.6 is 11.3 Å². The van der Waals surface area contributed by atoms with Gasteiger partial charge in [0.25, 0.3) is 10.0 Å². The Morgan fingerprint density at radius 3 is 2.50 bits per heavy atom. The minimum atomic E-state index is -3.71. The summed E-state index contributed by atoms with van der Waals surface area (Å²) >= 11 is 1.05. The molecule has 2 aromatic heterocycles. The summed E-state index contributed by atoms with van der Waals surface area (Å²) in [7, 11) is -3.71. The van der Waals surface area contributed by atoms with E-state index in [4.69, 9.17) is 5.73 Å². The molecule has 0 aromatic carbocycles. The molecule has 36 heavy (non-hydrogen) atoms. The predicted octanol–water partition coefficient (Wildman–Crippen LogP) is 0.684. The zero-order chi connectivity index (χ0) is 26.3. The highest BCUT2D eigenvalue weighted by Crippen LogP contribution is 2.30. The zero-order valence-electron chi connectivity index (χ0n) is 21.1. The normalized spacial score (nSPS) is 22.7. The molecule has 4 N–H and O–H groups in total. The van der Waals surface area contributed by atoms with E-state index in [0.717, 1.165) is 11.3 Å². The number of sulfonamides is 1. The lowest BCUT2D eigenvalue weighted by Crippen LogP contribution is -2.64. The molecule has 2 aliphatic heterocycles. The Morgan fingerprint density at radius 1 is 1.22 bits per heavy atom. The van der Waals surface area contributed by atoms with Crippen LogP contribution in [-0.2, 0) is 20.4 Å². The van der Waals surface area contributed by atoms with Crippen LogP contribution in [0.1, 0.15) is 33.3 Å². The number of piperazine rings is 2. The van der Waals surface area contributed by atoms with E-state index in [-0.39, 0.29) is 41.2 Å². The molecular weight excluding hydrogens is 502 g/mol. The molecule has 4 rings (SSSR count). The van der Waals surface area contributed by atoms with Crippen LogP contribution in [-0.4, -0.2) is 90.0 Å². The Balaban J connectivity index is 1.64. The van der Waals surface area contributed by atoms with E-state index < -0.39 is 15.6 Å². The third-order valence-corrected chi connectivity index (χ3v) is 9.93.